The average Bonchev–Trinajstić information content (AvgIpc) is 3.36. The first-order valence-corrected chi connectivity index (χ1v) is 9.91. The summed E-state index contributed by atoms with van der Waals surface area (Å²) in [4.78, 5) is 12.6. The molecule has 0 saturated heterocycles. The molecule has 5 nitrogen and oxygen atoms in total. The normalized spacial score (nSPS) is 15.8. The van der Waals surface area contributed by atoms with Gasteiger partial charge in [-0.3, -0.25) is 9.48 Å². The summed E-state index contributed by atoms with van der Waals surface area (Å²) < 4.78 is 2.00. The van der Waals surface area contributed by atoms with Gasteiger partial charge in [-0.2, -0.15) is 5.10 Å². The van der Waals surface area contributed by atoms with Gasteiger partial charge in [-0.1, -0.05) is 38.1 Å². The van der Waals surface area contributed by atoms with Crippen molar-refractivity contribution in [3.8, 4) is 0 Å². The van der Waals surface area contributed by atoms with Crippen LogP contribution in [0.15, 0.2) is 30.3 Å². The van der Waals surface area contributed by atoms with Gasteiger partial charge in [0.25, 0.3) is 5.91 Å². The maximum absolute atomic E-state index is 12.6. The monoisotopic (exact) mass is 368 g/mol. The summed E-state index contributed by atoms with van der Waals surface area (Å²) in [5.41, 5.74) is 10.1. The number of aromatic nitrogens is 2. The molecule has 3 N–H and O–H groups in total. The largest absolute Gasteiger partial charge is 0.349 e. The smallest absolute Gasteiger partial charge is 0.271 e. The standard InChI is InChI=1S/C22H32N4O/c1-14(2)15-6-8-16(9-7-15)18(23)13-24-21(27)19-12-20(17-10-11-17)26(25-19)22(3,4)5/h6-9,12,14,17-18H,10-11,13,23H2,1-5H3,(H,24,27). The van der Waals surface area contributed by atoms with Gasteiger partial charge in [-0.05, 0) is 56.7 Å². The van der Waals surface area contributed by atoms with Gasteiger partial charge in [0.2, 0.25) is 0 Å². The molecule has 1 unspecified atom stereocenters. The molecule has 3 rings (SSSR count). The third-order valence-corrected chi connectivity index (χ3v) is 5.11. The zero-order chi connectivity index (χ0) is 19.8. The Hall–Kier alpha value is -2.14. The lowest BCUT2D eigenvalue weighted by Gasteiger charge is -2.22. The molecule has 1 saturated carbocycles. The Morgan fingerprint density at radius 2 is 1.81 bits per heavy atom. The average molecular weight is 369 g/mol. The molecule has 2 aromatic rings. The van der Waals surface area contributed by atoms with Crippen molar-refractivity contribution in [1.82, 2.24) is 15.1 Å². The predicted molar refractivity (Wildman–Crippen MR) is 109 cm³/mol. The molecule has 1 aliphatic rings. The number of benzene rings is 1. The number of amides is 1. The van der Waals surface area contributed by atoms with Crippen LogP contribution in [0, 0.1) is 0 Å². The van der Waals surface area contributed by atoms with E-state index in [1.165, 1.54) is 24.1 Å². The molecule has 0 radical (unpaired) electrons. The Morgan fingerprint density at radius 1 is 1.22 bits per heavy atom. The first-order valence-electron chi connectivity index (χ1n) is 9.91. The van der Waals surface area contributed by atoms with Crippen molar-refractivity contribution in [2.75, 3.05) is 6.54 Å². The molecule has 1 amide bonds. The van der Waals surface area contributed by atoms with Crippen molar-refractivity contribution in [2.24, 2.45) is 5.73 Å². The maximum atomic E-state index is 12.6. The second-order valence-corrected chi connectivity index (χ2v) is 8.95. The van der Waals surface area contributed by atoms with E-state index in [2.05, 4.69) is 57.2 Å². The summed E-state index contributed by atoms with van der Waals surface area (Å²) in [5.74, 6) is 0.878. The maximum Gasteiger partial charge on any atom is 0.271 e. The van der Waals surface area contributed by atoms with E-state index < -0.39 is 0 Å². The van der Waals surface area contributed by atoms with Gasteiger partial charge < -0.3 is 11.1 Å². The highest BCUT2D eigenvalue weighted by Gasteiger charge is 2.32. The molecule has 0 spiro atoms. The molecule has 1 heterocycles. The zero-order valence-electron chi connectivity index (χ0n) is 17.1. The number of hydrogen-bond donors (Lipinski definition) is 2. The van der Waals surface area contributed by atoms with Crippen molar-refractivity contribution in [1.29, 1.82) is 0 Å². The zero-order valence-corrected chi connectivity index (χ0v) is 17.1. The number of hydrogen-bond acceptors (Lipinski definition) is 3. The number of nitrogens with two attached hydrogens (primary N) is 1. The third kappa shape index (κ3) is 4.59. The highest BCUT2D eigenvalue weighted by atomic mass is 16.1. The molecule has 27 heavy (non-hydrogen) atoms. The minimum atomic E-state index is -0.234. The summed E-state index contributed by atoms with van der Waals surface area (Å²) in [6, 6.07) is 10.0. The Labute approximate surface area is 162 Å². The molecule has 1 aromatic heterocycles. The molecule has 5 heteroatoms. The van der Waals surface area contributed by atoms with Gasteiger partial charge in [-0.25, -0.2) is 0 Å². The van der Waals surface area contributed by atoms with E-state index in [9.17, 15) is 4.79 Å². The van der Waals surface area contributed by atoms with Crippen LogP contribution in [0.25, 0.3) is 0 Å². The second-order valence-electron chi connectivity index (χ2n) is 8.95. The van der Waals surface area contributed by atoms with Crippen molar-refractivity contribution in [3.63, 3.8) is 0 Å². The van der Waals surface area contributed by atoms with Gasteiger partial charge >= 0.3 is 0 Å². The summed E-state index contributed by atoms with van der Waals surface area (Å²) in [7, 11) is 0. The quantitative estimate of drug-likeness (QED) is 0.807. The first-order chi connectivity index (χ1) is 12.7. The highest BCUT2D eigenvalue weighted by molar-refractivity contribution is 5.92. The van der Waals surface area contributed by atoms with Crippen LogP contribution in [-0.4, -0.2) is 22.2 Å². The molecule has 0 aliphatic heterocycles. The number of carbonyl (C=O) groups excluding carboxylic acids is 1. The van der Waals surface area contributed by atoms with Gasteiger partial charge in [0, 0.05) is 24.2 Å². The Morgan fingerprint density at radius 3 is 2.33 bits per heavy atom. The van der Waals surface area contributed by atoms with Gasteiger partial charge in [-0.15, -0.1) is 0 Å². The van der Waals surface area contributed by atoms with E-state index in [1.807, 2.05) is 22.9 Å². The number of rotatable bonds is 6. The van der Waals surface area contributed by atoms with E-state index in [1.54, 1.807) is 0 Å². The Balaban J connectivity index is 1.65. The third-order valence-electron chi connectivity index (χ3n) is 5.11. The van der Waals surface area contributed by atoms with Crippen LogP contribution in [0.4, 0.5) is 0 Å². The van der Waals surface area contributed by atoms with Crippen LogP contribution in [0.5, 0.6) is 0 Å². The summed E-state index contributed by atoms with van der Waals surface area (Å²) in [6.07, 6.45) is 2.36. The van der Waals surface area contributed by atoms with E-state index in [-0.39, 0.29) is 17.5 Å². The predicted octanol–water partition coefficient (Wildman–Crippen LogP) is 4.07. The molecular formula is C22H32N4O. The fraction of sp³-hybridized carbons (Fsp3) is 0.545. The summed E-state index contributed by atoms with van der Waals surface area (Å²) >= 11 is 0. The van der Waals surface area contributed by atoms with Crippen LogP contribution >= 0.6 is 0 Å². The minimum Gasteiger partial charge on any atom is -0.349 e. The molecule has 0 bridgehead atoms. The van der Waals surface area contributed by atoms with E-state index in [4.69, 9.17) is 5.73 Å². The molecular weight excluding hydrogens is 336 g/mol. The van der Waals surface area contributed by atoms with Crippen molar-refractivity contribution in [3.05, 3.63) is 52.8 Å². The molecule has 1 aliphatic carbocycles. The van der Waals surface area contributed by atoms with Crippen LogP contribution in [-0.2, 0) is 5.54 Å². The highest BCUT2D eigenvalue weighted by Crippen LogP contribution is 2.41. The summed E-state index contributed by atoms with van der Waals surface area (Å²) in [5, 5.41) is 7.53. The van der Waals surface area contributed by atoms with Crippen molar-refractivity contribution in [2.45, 2.75) is 70.9 Å². The van der Waals surface area contributed by atoms with Gasteiger partial charge in [0.15, 0.2) is 0 Å². The molecule has 146 valence electrons. The number of nitrogens with one attached hydrogen (secondary N) is 1. The number of nitrogens with zero attached hydrogens (tertiary/aromatic N) is 2. The van der Waals surface area contributed by atoms with Gasteiger partial charge in [0.05, 0.1) is 5.54 Å². The van der Waals surface area contributed by atoms with Gasteiger partial charge in [0.1, 0.15) is 5.69 Å². The second kappa shape index (κ2) is 7.47. The number of carbonyl (C=O) groups is 1. The molecule has 1 atom stereocenters. The first kappa shape index (κ1) is 19.6. The minimum absolute atomic E-state index is 0.134. The lowest BCUT2D eigenvalue weighted by atomic mass is 9.99. The Bertz CT molecular complexity index is 795. The van der Waals surface area contributed by atoms with Crippen LogP contribution in [0.2, 0.25) is 0 Å². The Kier molecular flexibility index (Phi) is 5.43. The van der Waals surface area contributed by atoms with Crippen molar-refractivity contribution >= 4 is 5.91 Å². The fourth-order valence-electron chi connectivity index (χ4n) is 3.25. The lowest BCUT2D eigenvalue weighted by molar-refractivity contribution is 0.0944. The van der Waals surface area contributed by atoms with Crippen LogP contribution in [0.3, 0.4) is 0 Å². The van der Waals surface area contributed by atoms with E-state index >= 15 is 0 Å². The fourth-order valence-corrected chi connectivity index (χ4v) is 3.25. The SMILES string of the molecule is CC(C)c1ccc(C(N)CNC(=O)c2cc(C3CC3)n(C(C)(C)C)n2)cc1. The van der Waals surface area contributed by atoms with Crippen LogP contribution in [0.1, 0.15) is 92.6 Å². The lowest BCUT2D eigenvalue weighted by Crippen LogP contribution is -2.32. The van der Waals surface area contributed by atoms with Crippen LogP contribution < -0.4 is 11.1 Å². The molecule has 1 aromatic carbocycles. The summed E-state index contributed by atoms with van der Waals surface area (Å²) in [6.45, 7) is 11.1. The molecule has 1 fully saturated rings. The van der Waals surface area contributed by atoms with E-state index in [0.29, 0.717) is 24.1 Å². The topological polar surface area (TPSA) is 72.9 Å². The van der Waals surface area contributed by atoms with E-state index in [0.717, 1.165) is 5.56 Å². The van der Waals surface area contributed by atoms with Crippen molar-refractivity contribution < 1.29 is 4.79 Å².